The lowest BCUT2D eigenvalue weighted by Gasteiger charge is -2.39. The first-order valence-electron chi connectivity index (χ1n) is 5.82. The minimum absolute atomic E-state index is 0.250. The van der Waals surface area contributed by atoms with Gasteiger partial charge in [-0.25, -0.2) is 9.97 Å². The minimum atomic E-state index is -0.480. The molecule has 3 nitrogen and oxygen atoms in total. The van der Waals surface area contributed by atoms with Crippen LogP contribution in [0.2, 0.25) is 0 Å². The second kappa shape index (κ2) is 4.36. The number of nitrogens with zero attached hydrogens (tertiary/aromatic N) is 2. The molecular formula is C12H18FN3. The zero-order chi connectivity index (χ0) is 11.6. The highest BCUT2D eigenvalue weighted by atomic mass is 19.1. The standard InChI is InChI=1S/C12H18FN3/c1-12(2)6-4-3-5-9(12)16-11-7-10(13)14-8-15-11/h7-9H,3-6H2,1-2H3,(H,14,15,16). The molecule has 0 aromatic carbocycles. The van der Waals surface area contributed by atoms with Gasteiger partial charge in [-0.15, -0.1) is 0 Å². The van der Waals surface area contributed by atoms with Gasteiger partial charge >= 0.3 is 0 Å². The van der Waals surface area contributed by atoms with E-state index in [2.05, 4.69) is 29.1 Å². The summed E-state index contributed by atoms with van der Waals surface area (Å²) in [5, 5.41) is 3.32. The number of anilines is 1. The third-order valence-electron chi connectivity index (χ3n) is 3.46. The molecule has 1 aliphatic carbocycles. The Kier molecular flexibility index (Phi) is 3.08. The average Bonchev–Trinajstić information content (AvgIpc) is 2.21. The van der Waals surface area contributed by atoms with Gasteiger partial charge in [0.15, 0.2) is 0 Å². The quantitative estimate of drug-likeness (QED) is 0.783. The Labute approximate surface area is 95.5 Å². The molecule has 16 heavy (non-hydrogen) atoms. The summed E-state index contributed by atoms with van der Waals surface area (Å²) in [6.45, 7) is 4.50. The van der Waals surface area contributed by atoms with Crippen molar-refractivity contribution in [2.24, 2.45) is 5.41 Å². The molecule has 0 aliphatic heterocycles. The molecule has 1 heterocycles. The molecule has 0 spiro atoms. The van der Waals surface area contributed by atoms with Crippen LogP contribution < -0.4 is 5.32 Å². The number of nitrogens with one attached hydrogen (secondary N) is 1. The molecule has 4 heteroatoms. The Morgan fingerprint density at radius 1 is 1.38 bits per heavy atom. The van der Waals surface area contributed by atoms with E-state index in [0.717, 1.165) is 6.42 Å². The van der Waals surface area contributed by atoms with Crippen molar-refractivity contribution in [2.45, 2.75) is 45.6 Å². The number of hydrogen-bond acceptors (Lipinski definition) is 3. The summed E-state index contributed by atoms with van der Waals surface area (Å²) < 4.78 is 12.9. The first-order chi connectivity index (χ1) is 7.58. The predicted molar refractivity (Wildman–Crippen MR) is 61.6 cm³/mol. The van der Waals surface area contributed by atoms with E-state index in [1.807, 2.05) is 0 Å². The van der Waals surface area contributed by atoms with E-state index in [9.17, 15) is 4.39 Å². The maximum atomic E-state index is 12.9. The van der Waals surface area contributed by atoms with Crippen LogP contribution >= 0.6 is 0 Å². The van der Waals surface area contributed by atoms with Crippen molar-refractivity contribution in [3.63, 3.8) is 0 Å². The molecule has 1 aromatic rings. The summed E-state index contributed by atoms with van der Waals surface area (Å²) in [5.41, 5.74) is 0.250. The summed E-state index contributed by atoms with van der Waals surface area (Å²) in [5.74, 6) is 0.110. The van der Waals surface area contributed by atoms with E-state index in [0.29, 0.717) is 11.9 Å². The average molecular weight is 223 g/mol. The maximum absolute atomic E-state index is 12.9. The lowest BCUT2D eigenvalue weighted by atomic mass is 9.73. The fourth-order valence-corrected chi connectivity index (χ4v) is 2.35. The highest BCUT2D eigenvalue weighted by Gasteiger charge is 2.32. The molecule has 0 radical (unpaired) electrons. The highest BCUT2D eigenvalue weighted by Crippen LogP contribution is 2.36. The Morgan fingerprint density at radius 3 is 2.88 bits per heavy atom. The van der Waals surface area contributed by atoms with E-state index in [1.54, 1.807) is 0 Å². The summed E-state index contributed by atoms with van der Waals surface area (Å²) >= 11 is 0. The smallest absolute Gasteiger partial charge is 0.217 e. The van der Waals surface area contributed by atoms with E-state index in [1.165, 1.54) is 31.7 Å². The van der Waals surface area contributed by atoms with Crippen LogP contribution in [0.1, 0.15) is 39.5 Å². The Bertz CT molecular complexity index is 365. The van der Waals surface area contributed by atoms with Gasteiger partial charge in [-0.05, 0) is 18.3 Å². The second-order valence-electron chi connectivity index (χ2n) is 5.16. The predicted octanol–water partition coefficient (Wildman–Crippen LogP) is 3.00. The largest absolute Gasteiger partial charge is 0.367 e. The van der Waals surface area contributed by atoms with Gasteiger partial charge in [-0.1, -0.05) is 26.7 Å². The fraction of sp³-hybridized carbons (Fsp3) is 0.667. The molecule has 0 saturated heterocycles. The van der Waals surface area contributed by atoms with Crippen molar-refractivity contribution < 1.29 is 4.39 Å². The van der Waals surface area contributed by atoms with Crippen molar-refractivity contribution in [3.8, 4) is 0 Å². The first kappa shape index (κ1) is 11.3. The maximum Gasteiger partial charge on any atom is 0.217 e. The molecule has 2 rings (SSSR count). The molecule has 1 atom stereocenters. The molecule has 0 amide bonds. The van der Waals surface area contributed by atoms with Crippen LogP contribution in [0.3, 0.4) is 0 Å². The van der Waals surface area contributed by atoms with Crippen LogP contribution in [-0.4, -0.2) is 16.0 Å². The highest BCUT2D eigenvalue weighted by molar-refractivity contribution is 5.34. The van der Waals surface area contributed by atoms with Gasteiger partial charge in [0.2, 0.25) is 5.95 Å². The zero-order valence-electron chi connectivity index (χ0n) is 9.83. The summed E-state index contributed by atoms with van der Waals surface area (Å²) in [6, 6.07) is 1.72. The second-order valence-corrected chi connectivity index (χ2v) is 5.16. The molecule has 1 N–H and O–H groups in total. The number of halogens is 1. The van der Waals surface area contributed by atoms with Crippen molar-refractivity contribution in [3.05, 3.63) is 18.3 Å². The number of hydrogen-bond donors (Lipinski definition) is 1. The zero-order valence-corrected chi connectivity index (χ0v) is 9.83. The van der Waals surface area contributed by atoms with Gasteiger partial charge in [0, 0.05) is 12.1 Å². The van der Waals surface area contributed by atoms with Crippen molar-refractivity contribution in [1.82, 2.24) is 9.97 Å². The normalized spacial score (nSPS) is 24.1. The van der Waals surface area contributed by atoms with E-state index in [-0.39, 0.29) is 5.41 Å². The number of rotatable bonds is 2. The topological polar surface area (TPSA) is 37.8 Å². The van der Waals surface area contributed by atoms with Gasteiger partial charge in [-0.2, -0.15) is 4.39 Å². The lowest BCUT2D eigenvalue weighted by molar-refractivity contribution is 0.216. The minimum Gasteiger partial charge on any atom is -0.367 e. The lowest BCUT2D eigenvalue weighted by Crippen LogP contribution is -2.39. The van der Waals surface area contributed by atoms with Crippen molar-refractivity contribution in [1.29, 1.82) is 0 Å². The van der Waals surface area contributed by atoms with Crippen LogP contribution in [0.25, 0.3) is 0 Å². The van der Waals surface area contributed by atoms with E-state index >= 15 is 0 Å². The molecule has 1 saturated carbocycles. The van der Waals surface area contributed by atoms with Crippen LogP contribution in [0.4, 0.5) is 10.2 Å². The molecule has 1 unspecified atom stereocenters. The Morgan fingerprint density at radius 2 is 2.19 bits per heavy atom. The van der Waals surface area contributed by atoms with Gasteiger partial charge in [0.05, 0.1) is 0 Å². The fourth-order valence-electron chi connectivity index (χ4n) is 2.35. The summed E-state index contributed by atoms with van der Waals surface area (Å²) in [6.07, 6.45) is 6.10. The van der Waals surface area contributed by atoms with Crippen LogP contribution in [-0.2, 0) is 0 Å². The first-order valence-corrected chi connectivity index (χ1v) is 5.82. The summed E-state index contributed by atoms with van der Waals surface area (Å²) in [7, 11) is 0. The third-order valence-corrected chi connectivity index (χ3v) is 3.46. The molecule has 1 aliphatic rings. The van der Waals surface area contributed by atoms with Gasteiger partial charge < -0.3 is 5.32 Å². The van der Waals surface area contributed by atoms with Crippen LogP contribution in [0.5, 0.6) is 0 Å². The van der Waals surface area contributed by atoms with Gasteiger partial charge in [0.1, 0.15) is 12.1 Å². The van der Waals surface area contributed by atoms with Crippen LogP contribution in [0, 0.1) is 11.4 Å². The third kappa shape index (κ3) is 2.49. The van der Waals surface area contributed by atoms with E-state index in [4.69, 9.17) is 0 Å². The summed E-state index contributed by atoms with van der Waals surface area (Å²) in [4.78, 5) is 7.49. The molecular weight excluding hydrogens is 205 g/mol. The van der Waals surface area contributed by atoms with Crippen molar-refractivity contribution in [2.75, 3.05) is 5.32 Å². The van der Waals surface area contributed by atoms with Gasteiger partial charge in [0.25, 0.3) is 0 Å². The van der Waals surface area contributed by atoms with E-state index < -0.39 is 5.95 Å². The van der Waals surface area contributed by atoms with Gasteiger partial charge in [-0.3, -0.25) is 0 Å². The Hall–Kier alpha value is -1.19. The Balaban J connectivity index is 2.08. The molecule has 1 aromatic heterocycles. The number of aromatic nitrogens is 2. The molecule has 1 fully saturated rings. The molecule has 88 valence electrons. The van der Waals surface area contributed by atoms with Crippen molar-refractivity contribution >= 4 is 5.82 Å². The monoisotopic (exact) mass is 223 g/mol. The molecule has 0 bridgehead atoms. The SMILES string of the molecule is CC1(C)CCCCC1Nc1cc(F)ncn1. The van der Waals surface area contributed by atoms with Crippen LogP contribution in [0.15, 0.2) is 12.4 Å².